The van der Waals surface area contributed by atoms with Gasteiger partial charge in [0.15, 0.2) is 0 Å². The molecule has 25 heavy (non-hydrogen) atoms. The molecule has 0 spiro atoms. The SMILES string of the molecule is CN1CCC[C@@H]1Cc1cn(C(=O)c2ccccc2)c2ccc(Cl)cc12. The number of hydrogen-bond donors (Lipinski definition) is 0. The molecule has 0 saturated carbocycles. The zero-order chi connectivity index (χ0) is 17.4. The summed E-state index contributed by atoms with van der Waals surface area (Å²) < 4.78 is 1.77. The fraction of sp³-hybridized carbons (Fsp3) is 0.286. The van der Waals surface area contributed by atoms with E-state index in [9.17, 15) is 4.79 Å². The summed E-state index contributed by atoms with van der Waals surface area (Å²) in [6.07, 6.45) is 5.39. The average molecular weight is 353 g/mol. The molecule has 0 radical (unpaired) electrons. The van der Waals surface area contributed by atoms with Crippen molar-refractivity contribution in [2.75, 3.05) is 13.6 Å². The third kappa shape index (κ3) is 3.10. The molecule has 1 aliphatic heterocycles. The molecule has 0 N–H and O–H groups in total. The summed E-state index contributed by atoms with van der Waals surface area (Å²) in [6.45, 7) is 1.15. The maximum absolute atomic E-state index is 13.0. The van der Waals surface area contributed by atoms with Crippen molar-refractivity contribution in [1.29, 1.82) is 0 Å². The van der Waals surface area contributed by atoms with Crippen LogP contribution in [-0.4, -0.2) is 35.0 Å². The Hall–Kier alpha value is -2.10. The number of hydrogen-bond acceptors (Lipinski definition) is 2. The van der Waals surface area contributed by atoms with Gasteiger partial charge in [-0.25, -0.2) is 0 Å². The minimum atomic E-state index is -0.000973. The number of fused-ring (bicyclic) bond motifs is 1. The molecular weight excluding hydrogens is 332 g/mol. The first kappa shape index (κ1) is 16.4. The Bertz CT molecular complexity index is 916. The van der Waals surface area contributed by atoms with Gasteiger partial charge >= 0.3 is 0 Å². The number of likely N-dealkylation sites (tertiary alicyclic amines) is 1. The lowest BCUT2D eigenvalue weighted by molar-refractivity contribution is 0.0965. The number of carbonyl (C=O) groups is 1. The van der Waals surface area contributed by atoms with Crippen LogP contribution in [0.15, 0.2) is 54.7 Å². The highest BCUT2D eigenvalue weighted by Gasteiger charge is 2.24. The first-order chi connectivity index (χ1) is 12.1. The molecule has 1 aromatic heterocycles. The molecule has 1 fully saturated rings. The zero-order valence-corrected chi connectivity index (χ0v) is 15.0. The van der Waals surface area contributed by atoms with Gasteiger partial charge in [0.1, 0.15) is 0 Å². The number of carbonyl (C=O) groups excluding carboxylic acids is 1. The highest BCUT2D eigenvalue weighted by atomic mass is 35.5. The zero-order valence-electron chi connectivity index (χ0n) is 14.3. The fourth-order valence-corrected chi connectivity index (χ4v) is 3.98. The molecule has 1 aliphatic rings. The van der Waals surface area contributed by atoms with Crippen LogP contribution in [0.1, 0.15) is 28.8 Å². The van der Waals surface area contributed by atoms with Gasteiger partial charge in [0.05, 0.1) is 5.52 Å². The van der Waals surface area contributed by atoms with Crippen LogP contribution in [-0.2, 0) is 6.42 Å². The Labute approximate surface area is 152 Å². The second kappa shape index (κ2) is 6.66. The van der Waals surface area contributed by atoms with Gasteiger partial charge in [0.2, 0.25) is 0 Å². The van der Waals surface area contributed by atoms with Crippen molar-refractivity contribution in [2.45, 2.75) is 25.3 Å². The Morgan fingerprint density at radius 3 is 2.72 bits per heavy atom. The molecule has 0 aliphatic carbocycles. The maximum atomic E-state index is 13.0. The highest BCUT2D eigenvalue weighted by Crippen LogP contribution is 2.29. The Morgan fingerprint density at radius 2 is 2.00 bits per heavy atom. The lowest BCUT2D eigenvalue weighted by Crippen LogP contribution is -2.26. The second-order valence-electron chi connectivity index (χ2n) is 6.84. The number of aromatic nitrogens is 1. The molecule has 0 bridgehead atoms. The van der Waals surface area contributed by atoms with E-state index in [1.807, 2.05) is 54.7 Å². The molecule has 0 amide bonds. The van der Waals surface area contributed by atoms with Gasteiger partial charge in [-0.05, 0) is 68.8 Å². The average Bonchev–Trinajstić information content (AvgIpc) is 3.19. The van der Waals surface area contributed by atoms with Crippen molar-refractivity contribution in [2.24, 2.45) is 0 Å². The van der Waals surface area contributed by atoms with Crippen LogP contribution >= 0.6 is 11.6 Å². The van der Waals surface area contributed by atoms with Gasteiger partial charge in [0.25, 0.3) is 5.91 Å². The van der Waals surface area contributed by atoms with Crippen LogP contribution in [0.4, 0.5) is 0 Å². The first-order valence-corrected chi connectivity index (χ1v) is 9.11. The van der Waals surface area contributed by atoms with Gasteiger partial charge in [-0.3, -0.25) is 9.36 Å². The van der Waals surface area contributed by atoms with Crippen LogP contribution in [0, 0.1) is 0 Å². The minimum Gasteiger partial charge on any atom is -0.303 e. The molecule has 4 heteroatoms. The summed E-state index contributed by atoms with van der Waals surface area (Å²) in [4.78, 5) is 15.4. The van der Waals surface area contributed by atoms with Crippen molar-refractivity contribution < 1.29 is 4.79 Å². The van der Waals surface area contributed by atoms with Crippen molar-refractivity contribution in [3.05, 3.63) is 70.9 Å². The monoisotopic (exact) mass is 352 g/mol. The topological polar surface area (TPSA) is 25.2 Å². The van der Waals surface area contributed by atoms with Crippen LogP contribution in [0.3, 0.4) is 0 Å². The van der Waals surface area contributed by atoms with Crippen LogP contribution in [0.25, 0.3) is 10.9 Å². The number of rotatable bonds is 3. The smallest absolute Gasteiger partial charge is 0.262 e. The maximum Gasteiger partial charge on any atom is 0.262 e. The third-order valence-electron chi connectivity index (χ3n) is 5.22. The first-order valence-electron chi connectivity index (χ1n) is 8.73. The van der Waals surface area contributed by atoms with E-state index in [4.69, 9.17) is 11.6 Å². The molecule has 3 aromatic rings. The van der Waals surface area contributed by atoms with Crippen LogP contribution < -0.4 is 0 Å². The van der Waals surface area contributed by atoms with Gasteiger partial charge < -0.3 is 4.90 Å². The van der Waals surface area contributed by atoms with E-state index in [-0.39, 0.29) is 5.91 Å². The summed E-state index contributed by atoms with van der Waals surface area (Å²) in [7, 11) is 2.18. The van der Waals surface area contributed by atoms with Crippen LogP contribution in [0.5, 0.6) is 0 Å². The highest BCUT2D eigenvalue weighted by molar-refractivity contribution is 6.31. The van der Waals surface area contributed by atoms with Crippen molar-refractivity contribution in [3.63, 3.8) is 0 Å². The minimum absolute atomic E-state index is 0.000973. The number of benzene rings is 2. The van der Waals surface area contributed by atoms with E-state index >= 15 is 0 Å². The largest absolute Gasteiger partial charge is 0.303 e. The van der Waals surface area contributed by atoms with E-state index in [1.54, 1.807) is 4.57 Å². The molecule has 2 heterocycles. The molecule has 3 nitrogen and oxygen atoms in total. The van der Waals surface area contributed by atoms with E-state index < -0.39 is 0 Å². The number of likely N-dealkylation sites (N-methyl/N-ethyl adjacent to an activating group) is 1. The Kier molecular flexibility index (Phi) is 4.36. The summed E-state index contributed by atoms with van der Waals surface area (Å²) >= 11 is 6.24. The van der Waals surface area contributed by atoms with Gasteiger partial charge in [0, 0.05) is 28.2 Å². The third-order valence-corrected chi connectivity index (χ3v) is 5.45. The summed E-state index contributed by atoms with van der Waals surface area (Å²) in [5.41, 5.74) is 2.81. The lowest BCUT2D eigenvalue weighted by Gasteiger charge is -2.18. The second-order valence-corrected chi connectivity index (χ2v) is 7.27. The van der Waals surface area contributed by atoms with Crippen molar-refractivity contribution >= 4 is 28.4 Å². The summed E-state index contributed by atoms with van der Waals surface area (Å²) in [5.74, 6) is -0.000973. The van der Waals surface area contributed by atoms with Gasteiger partial charge in [-0.2, -0.15) is 0 Å². The van der Waals surface area contributed by atoms with Gasteiger partial charge in [-0.1, -0.05) is 29.8 Å². The Balaban J connectivity index is 1.78. The van der Waals surface area contributed by atoms with E-state index in [0.717, 1.165) is 23.9 Å². The molecular formula is C21H21ClN2O. The quantitative estimate of drug-likeness (QED) is 0.687. The summed E-state index contributed by atoms with van der Waals surface area (Å²) in [5, 5.41) is 1.79. The van der Waals surface area contributed by atoms with Crippen molar-refractivity contribution in [3.8, 4) is 0 Å². The molecule has 1 atom stereocenters. The van der Waals surface area contributed by atoms with Crippen molar-refractivity contribution in [1.82, 2.24) is 9.47 Å². The normalized spacial score (nSPS) is 18.1. The van der Waals surface area contributed by atoms with E-state index in [0.29, 0.717) is 16.6 Å². The lowest BCUT2D eigenvalue weighted by atomic mass is 10.0. The molecule has 2 aromatic carbocycles. The fourth-order valence-electron chi connectivity index (χ4n) is 3.81. The standard InChI is InChI=1S/C21H21ClN2O/c1-23-11-5-8-18(23)12-16-14-24(20-10-9-17(22)13-19(16)20)21(25)15-6-3-2-4-7-15/h2-4,6-7,9-10,13-14,18H,5,8,11-12H2,1H3/t18-/m1/s1. The molecule has 1 saturated heterocycles. The molecule has 128 valence electrons. The van der Waals surface area contributed by atoms with E-state index in [1.165, 1.54) is 18.4 Å². The summed E-state index contributed by atoms with van der Waals surface area (Å²) in [6, 6.07) is 15.7. The molecule has 4 rings (SSSR count). The number of halogens is 1. The Morgan fingerprint density at radius 1 is 1.20 bits per heavy atom. The van der Waals surface area contributed by atoms with Crippen LogP contribution in [0.2, 0.25) is 5.02 Å². The molecule has 0 unspecified atom stereocenters. The van der Waals surface area contributed by atoms with Gasteiger partial charge in [-0.15, -0.1) is 0 Å². The predicted octanol–water partition coefficient (Wildman–Crippen LogP) is 4.62. The van der Waals surface area contributed by atoms with E-state index in [2.05, 4.69) is 11.9 Å². The predicted molar refractivity (Wildman–Crippen MR) is 102 cm³/mol. The number of nitrogens with zero attached hydrogens (tertiary/aromatic N) is 2.